The Morgan fingerprint density at radius 3 is 2.80 bits per heavy atom. The lowest BCUT2D eigenvalue weighted by atomic mass is 10.3. The first-order chi connectivity index (χ1) is 12.1. The Kier molecular flexibility index (Phi) is 7.66. The monoisotopic (exact) mass is 361 g/mol. The number of thiazole rings is 1. The molecule has 7 heteroatoms. The molecule has 0 spiro atoms. The summed E-state index contributed by atoms with van der Waals surface area (Å²) in [6, 6.07) is 3.91. The lowest BCUT2D eigenvalue weighted by Gasteiger charge is -2.21. The molecule has 0 amide bonds. The summed E-state index contributed by atoms with van der Waals surface area (Å²) in [6.45, 7) is 8.99. The summed E-state index contributed by atoms with van der Waals surface area (Å²) < 4.78 is 5.51. The first kappa shape index (κ1) is 19.2. The van der Waals surface area contributed by atoms with Crippen LogP contribution in [0.5, 0.6) is 5.88 Å². The molecule has 0 unspecified atom stereocenters. The van der Waals surface area contributed by atoms with E-state index in [1.54, 1.807) is 11.3 Å². The van der Waals surface area contributed by atoms with Crippen LogP contribution in [-0.2, 0) is 13.1 Å². The van der Waals surface area contributed by atoms with Crippen LogP contribution in [0.25, 0.3) is 0 Å². The number of hydrogen-bond donors (Lipinski definition) is 1. The van der Waals surface area contributed by atoms with Crippen LogP contribution >= 0.6 is 11.3 Å². The van der Waals surface area contributed by atoms with Crippen molar-refractivity contribution < 1.29 is 4.74 Å². The average molecular weight is 362 g/mol. The molecule has 0 fully saturated rings. The Labute approximate surface area is 154 Å². The molecule has 0 saturated carbocycles. The second kappa shape index (κ2) is 9.98. The number of pyridine rings is 1. The van der Waals surface area contributed by atoms with Crippen LogP contribution in [-0.4, -0.2) is 41.0 Å². The second-order valence-corrected chi connectivity index (χ2v) is 6.80. The van der Waals surface area contributed by atoms with E-state index in [1.165, 1.54) is 0 Å². The predicted octanol–water partition coefficient (Wildman–Crippen LogP) is 3.23. The Bertz CT molecular complexity index is 668. The number of nitrogens with one attached hydrogen (secondary N) is 1. The molecule has 2 aromatic rings. The zero-order valence-electron chi connectivity index (χ0n) is 15.5. The number of nitrogens with zero attached hydrogens (tertiary/aromatic N) is 4. The van der Waals surface area contributed by atoms with E-state index in [-0.39, 0.29) is 0 Å². The molecule has 6 nitrogen and oxygen atoms in total. The molecule has 0 aliphatic rings. The van der Waals surface area contributed by atoms with Crippen LogP contribution in [0.2, 0.25) is 0 Å². The highest BCUT2D eigenvalue weighted by atomic mass is 32.1. The Hall–Kier alpha value is -2.15. The van der Waals surface area contributed by atoms with E-state index in [1.807, 2.05) is 32.3 Å². The summed E-state index contributed by atoms with van der Waals surface area (Å²) in [5.74, 6) is 1.52. The van der Waals surface area contributed by atoms with Gasteiger partial charge in [0.15, 0.2) is 5.96 Å². The molecule has 2 rings (SSSR count). The fraction of sp³-hybridized carbons (Fsp3) is 0.500. The Morgan fingerprint density at radius 1 is 1.36 bits per heavy atom. The van der Waals surface area contributed by atoms with Crippen molar-refractivity contribution in [1.82, 2.24) is 20.2 Å². The van der Waals surface area contributed by atoms with E-state index in [0.29, 0.717) is 19.0 Å². The number of guanidine groups is 1. The second-order valence-electron chi connectivity index (χ2n) is 5.74. The molecule has 25 heavy (non-hydrogen) atoms. The highest BCUT2D eigenvalue weighted by Gasteiger charge is 2.08. The van der Waals surface area contributed by atoms with Crippen LogP contribution in [0, 0.1) is 6.92 Å². The SMILES string of the molecule is CCCOc1ccc(CN=C(NCC)N(C)Cc2csc(C)n2)cn1. The molecule has 2 heterocycles. The molecule has 1 N–H and O–H groups in total. The van der Waals surface area contributed by atoms with E-state index in [0.717, 1.165) is 41.7 Å². The molecule has 0 bridgehead atoms. The number of ether oxygens (including phenoxy) is 1. The third-order valence-corrected chi connectivity index (χ3v) is 4.25. The average Bonchev–Trinajstić information content (AvgIpc) is 3.02. The fourth-order valence-electron chi connectivity index (χ4n) is 2.23. The number of aryl methyl sites for hydroxylation is 1. The molecule has 136 valence electrons. The molecule has 0 aliphatic heterocycles. The summed E-state index contributed by atoms with van der Waals surface area (Å²) in [5, 5.41) is 6.50. The van der Waals surface area contributed by atoms with Crippen LogP contribution in [0.3, 0.4) is 0 Å². The highest BCUT2D eigenvalue weighted by Crippen LogP contribution is 2.11. The van der Waals surface area contributed by atoms with Gasteiger partial charge in [0.1, 0.15) is 0 Å². The van der Waals surface area contributed by atoms with E-state index >= 15 is 0 Å². The summed E-state index contributed by atoms with van der Waals surface area (Å²) in [4.78, 5) is 15.6. The zero-order chi connectivity index (χ0) is 18.1. The molecule has 0 saturated heterocycles. The number of rotatable bonds is 8. The van der Waals surface area contributed by atoms with Gasteiger partial charge in [0.25, 0.3) is 0 Å². The van der Waals surface area contributed by atoms with E-state index in [2.05, 4.69) is 39.4 Å². The summed E-state index contributed by atoms with van der Waals surface area (Å²) >= 11 is 1.67. The minimum atomic E-state index is 0.573. The van der Waals surface area contributed by atoms with Gasteiger partial charge < -0.3 is 15.0 Å². The van der Waals surface area contributed by atoms with Gasteiger partial charge in [-0.3, -0.25) is 0 Å². The van der Waals surface area contributed by atoms with Gasteiger partial charge in [0, 0.05) is 31.2 Å². The van der Waals surface area contributed by atoms with Crippen LogP contribution in [0.15, 0.2) is 28.7 Å². The first-order valence-corrected chi connectivity index (χ1v) is 9.48. The third-order valence-electron chi connectivity index (χ3n) is 3.43. The van der Waals surface area contributed by atoms with Crippen molar-refractivity contribution in [2.24, 2.45) is 4.99 Å². The number of hydrogen-bond acceptors (Lipinski definition) is 5. The van der Waals surface area contributed by atoms with Crippen LogP contribution in [0.4, 0.5) is 0 Å². The first-order valence-electron chi connectivity index (χ1n) is 8.60. The zero-order valence-corrected chi connectivity index (χ0v) is 16.3. The summed E-state index contributed by atoms with van der Waals surface area (Å²) in [7, 11) is 2.02. The maximum absolute atomic E-state index is 5.51. The van der Waals surface area contributed by atoms with Gasteiger partial charge in [-0.1, -0.05) is 13.0 Å². The van der Waals surface area contributed by atoms with E-state index in [9.17, 15) is 0 Å². The van der Waals surface area contributed by atoms with Gasteiger partial charge in [0.2, 0.25) is 5.88 Å². The Morgan fingerprint density at radius 2 is 2.20 bits per heavy atom. The van der Waals surface area contributed by atoms with Crippen molar-refractivity contribution in [2.75, 3.05) is 20.2 Å². The maximum atomic E-state index is 5.51. The van der Waals surface area contributed by atoms with Gasteiger partial charge in [-0.2, -0.15) is 0 Å². The molecular formula is C18H27N5OS. The summed E-state index contributed by atoms with van der Waals surface area (Å²) in [5.41, 5.74) is 2.12. The normalized spacial score (nSPS) is 11.4. The minimum Gasteiger partial charge on any atom is -0.478 e. The van der Waals surface area contributed by atoms with E-state index < -0.39 is 0 Å². The summed E-state index contributed by atoms with van der Waals surface area (Å²) in [6.07, 6.45) is 2.80. The molecular weight excluding hydrogens is 334 g/mol. The third kappa shape index (κ3) is 6.34. The van der Waals surface area contributed by atoms with Crippen LogP contribution < -0.4 is 10.1 Å². The highest BCUT2D eigenvalue weighted by molar-refractivity contribution is 7.09. The number of aromatic nitrogens is 2. The van der Waals surface area contributed by atoms with Gasteiger partial charge in [-0.05, 0) is 25.8 Å². The maximum Gasteiger partial charge on any atom is 0.213 e. The fourth-order valence-corrected chi connectivity index (χ4v) is 2.83. The lowest BCUT2D eigenvalue weighted by Crippen LogP contribution is -2.38. The molecule has 0 aliphatic carbocycles. The lowest BCUT2D eigenvalue weighted by molar-refractivity contribution is 0.305. The van der Waals surface area contributed by atoms with E-state index in [4.69, 9.17) is 9.73 Å². The van der Waals surface area contributed by atoms with Gasteiger partial charge >= 0.3 is 0 Å². The minimum absolute atomic E-state index is 0.573. The van der Waals surface area contributed by atoms with Crippen molar-refractivity contribution in [2.45, 2.75) is 40.3 Å². The van der Waals surface area contributed by atoms with Crippen molar-refractivity contribution >= 4 is 17.3 Å². The smallest absolute Gasteiger partial charge is 0.213 e. The van der Waals surface area contributed by atoms with Crippen molar-refractivity contribution in [3.63, 3.8) is 0 Å². The van der Waals surface area contributed by atoms with Crippen LogP contribution in [0.1, 0.15) is 36.5 Å². The molecule has 0 aromatic carbocycles. The molecule has 0 radical (unpaired) electrons. The Balaban J connectivity index is 1.98. The predicted molar refractivity (Wildman–Crippen MR) is 103 cm³/mol. The topological polar surface area (TPSA) is 62.6 Å². The standard InChI is InChI=1S/C18H27N5OS/c1-5-9-24-17-8-7-15(10-20-17)11-21-18(19-6-2)23(4)12-16-13-25-14(3)22-16/h7-8,10,13H,5-6,9,11-12H2,1-4H3,(H,19,21). The molecule has 2 aromatic heterocycles. The van der Waals surface area contributed by atoms with Gasteiger partial charge in [-0.15, -0.1) is 11.3 Å². The number of aliphatic imine (C=N–C) groups is 1. The quantitative estimate of drug-likeness (QED) is 0.578. The largest absolute Gasteiger partial charge is 0.478 e. The van der Waals surface area contributed by atoms with Crippen molar-refractivity contribution in [3.8, 4) is 5.88 Å². The van der Waals surface area contributed by atoms with Crippen molar-refractivity contribution in [1.29, 1.82) is 0 Å². The van der Waals surface area contributed by atoms with Crippen molar-refractivity contribution in [3.05, 3.63) is 40.0 Å². The van der Waals surface area contributed by atoms with Gasteiger partial charge in [-0.25, -0.2) is 15.0 Å². The van der Waals surface area contributed by atoms with Gasteiger partial charge in [0.05, 0.1) is 30.4 Å². The molecule has 0 atom stereocenters.